The molecule has 1 heterocycles. The molecule has 1 aromatic heterocycles. The minimum atomic E-state index is -0.401. The molecule has 5 nitrogen and oxygen atoms in total. The molecule has 0 amide bonds. The summed E-state index contributed by atoms with van der Waals surface area (Å²) in [5.41, 5.74) is 2.63. The van der Waals surface area contributed by atoms with Crippen LogP contribution in [0.1, 0.15) is 34.4 Å². The van der Waals surface area contributed by atoms with E-state index in [-0.39, 0.29) is 24.6 Å². The third-order valence-electron chi connectivity index (χ3n) is 3.81. The molecule has 0 aliphatic rings. The lowest BCUT2D eigenvalue weighted by Gasteiger charge is -2.10. The lowest BCUT2D eigenvalue weighted by molar-refractivity contribution is -0.144. The molecule has 0 bridgehead atoms. The number of carbonyl (C=O) groups excluding carboxylic acids is 1. The van der Waals surface area contributed by atoms with E-state index in [2.05, 4.69) is 4.98 Å². The third kappa shape index (κ3) is 4.24. The number of hydrogen-bond acceptors (Lipinski definition) is 4. The van der Waals surface area contributed by atoms with Gasteiger partial charge in [-0.15, -0.1) is 0 Å². The lowest BCUT2D eigenvalue weighted by atomic mass is 9.99. The molecule has 0 fully saturated rings. The summed E-state index contributed by atoms with van der Waals surface area (Å²) in [7, 11) is 0. The van der Waals surface area contributed by atoms with Crippen molar-refractivity contribution in [3.8, 4) is 6.07 Å². The molecule has 2 aromatic rings. The van der Waals surface area contributed by atoms with E-state index in [0.717, 1.165) is 11.1 Å². The average molecular weight is 345 g/mol. The Labute approximate surface area is 144 Å². The number of hydrogen-bond donors (Lipinski definition) is 1. The van der Waals surface area contributed by atoms with Gasteiger partial charge in [-0.2, -0.15) is 5.26 Å². The Hall–Kier alpha value is -2.58. The number of pyridine rings is 1. The van der Waals surface area contributed by atoms with Crippen molar-refractivity contribution in [3.63, 3.8) is 0 Å². The molecule has 24 heavy (non-hydrogen) atoms. The number of aryl methyl sites for hydroxylation is 1. The number of carbonyl (C=O) groups is 1. The smallest absolute Gasteiger partial charge is 0.306 e. The second kappa shape index (κ2) is 7.80. The van der Waals surface area contributed by atoms with Gasteiger partial charge in [0.25, 0.3) is 5.56 Å². The van der Waals surface area contributed by atoms with Gasteiger partial charge in [-0.05, 0) is 49.1 Å². The first-order valence-electron chi connectivity index (χ1n) is 7.45. The van der Waals surface area contributed by atoms with Crippen molar-refractivity contribution in [3.05, 3.63) is 67.6 Å². The van der Waals surface area contributed by atoms with Crippen molar-refractivity contribution < 1.29 is 9.53 Å². The topological polar surface area (TPSA) is 83.0 Å². The first kappa shape index (κ1) is 17.8. The van der Waals surface area contributed by atoms with Crippen LogP contribution in [-0.4, -0.2) is 11.0 Å². The molecular formula is C18H17ClN2O3. The van der Waals surface area contributed by atoms with Crippen molar-refractivity contribution in [1.29, 1.82) is 5.26 Å². The summed E-state index contributed by atoms with van der Waals surface area (Å²) in [4.78, 5) is 26.2. The Morgan fingerprint density at radius 2 is 1.96 bits per heavy atom. The number of nitrogens with zero attached hydrogens (tertiary/aromatic N) is 1. The Bertz CT molecular complexity index is 848. The number of H-pyrrole nitrogens is 1. The quantitative estimate of drug-likeness (QED) is 0.844. The van der Waals surface area contributed by atoms with Crippen molar-refractivity contribution in [2.75, 3.05) is 0 Å². The monoisotopic (exact) mass is 344 g/mol. The maximum atomic E-state index is 11.9. The molecule has 0 saturated carbocycles. The zero-order chi connectivity index (χ0) is 17.7. The van der Waals surface area contributed by atoms with E-state index in [1.165, 1.54) is 0 Å². The fraction of sp³-hybridized carbons (Fsp3) is 0.278. The highest BCUT2D eigenvalue weighted by Gasteiger charge is 2.13. The largest absolute Gasteiger partial charge is 0.461 e. The number of esters is 1. The van der Waals surface area contributed by atoms with Gasteiger partial charge in [0.15, 0.2) is 0 Å². The second-order valence-electron chi connectivity index (χ2n) is 5.46. The number of benzene rings is 1. The molecular weight excluding hydrogens is 328 g/mol. The van der Waals surface area contributed by atoms with Gasteiger partial charge in [-0.25, -0.2) is 0 Å². The van der Waals surface area contributed by atoms with E-state index >= 15 is 0 Å². The number of aromatic amines is 1. The van der Waals surface area contributed by atoms with Gasteiger partial charge in [0.2, 0.25) is 0 Å². The first-order valence-corrected chi connectivity index (χ1v) is 7.82. The van der Waals surface area contributed by atoms with Crippen LogP contribution in [0.15, 0.2) is 29.1 Å². The molecule has 0 atom stereocenters. The molecule has 0 aliphatic heterocycles. The minimum Gasteiger partial charge on any atom is -0.461 e. The molecule has 0 unspecified atom stereocenters. The summed E-state index contributed by atoms with van der Waals surface area (Å²) in [5, 5.41) is 9.68. The van der Waals surface area contributed by atoms with Gasteiger partial charge in [0.1, 0.15) is 18.2 Å². The van der Waals surface area contributed by atoms with Gasteiger partial charge in [-0.1, -0.05) is 23.7 Å². The number of ether oxygens (including phenoxy) is 1. The van der Waals surface area contributed by atoms with E-state index in [1.807, 2.05) is 6.07 Å². The zero-order valence-electron chi connectivity index (χ0n) is 13.5. The van der Waals surface area contributed by atoms with Crippen LogP contribution >= 0.6 is 11.6 Å². The summed E-state index contributed by atoms with van der Waals surface area (Å²) in [6.45, 7) is 3.65. The van der Waals surface area contributed by atoms with Crippen molar-refractivity contribution in [2.45, 2.75) is 33.3 Å². The number of nitrogens with one attached hydrogen (secondary N) is 1. The van der Waals surface area contributed by atoms with Crippen LogP contribution in [0.5, 0.6) is 0 Å². The molecule has 1 aromatic carbocycles. The Kier molecular flexibility index (Phi) is 5.78. The number of aromatic nitrogens is 1. The average Bonchev–Trinajstić information content (AvgIpc) is 2.54. The highest BCUT2D eigenvalue weighted by Crippen LogP contribution is 2.16. The van der Waals surface area contributed by atoms with E-state index in [4.69, 9.17) is 21.6 Å². The highest BCUT2D eigenvalue weighted by molar-refractivity contribution is 6.30. The van der Waals surface area contributed by atoms with E-state index in [1.54, 1.807) is 38.1 Å². The van der Waals surface area contributed by atoms with Crippen molar-refractivity contribution in [2.24, 2.45) is 0 Å². The van der Waals surface area contributed by atoms with E-state index in [9.17, 15) is 9.59 Å². The SMILES string of the molecule is Cc1[nH]c(=O)c(C#N)c(C)c1CCC(=O)OCc1ccc(Cl)cc1. The molecule has 0 aliphatic carbocycles. The van der Waals surface area contributed by atoms with Gasteiger partial charge in [0.05, 0.1) is 0 Å². The molecule has 124 valence electrons. The van der Waals surface area contributed by atoms with E-state index < -0.39 is 5.56 Å². The van der Waals surface area contributed by atoms with Gasteiger partial charge in [-0.3, -0.25) is 9.59 Å². The molecule has 0 spiro atoms. The van der Waals surface area contributed by atoms with Crippen molar-refractivity contribution in [1.82, 2.24) is 4.98 Å². The lowest BCUT2D eigenvalue weighted by Crippen LogP contribution is -2.17. The second-order valence-corrected chi connectivity index (χ2v) is 5.89. The first-order chi connectivity index (χ1) is 11.4. The van der Waals surface area contributed by atoms with Crippen LogP contribution in [0.2, 0.25) is 5.02 Å². The molecule has 6 heteroatoms. The number of rotatable bonds is 5. The highest BCUT2D eigenvalue weighted by atomic mass is 35.5. The normalized spacial score (nSPS) is 10.2. The Morgan fingerprint density at radius 3 is 2.58 bits per heavy atom. The van der Waals surface area contributed by atoms with Gasteiger partial charge >= 0.3 is 5.97 Å². The molecule has 2 rings (SSSR count). The number of halogens is 1. The zero-order valence-corrected chi connectivity index (χ0v) is 14.2. The van der Waals surface area contributed by atoms with Crippen LogP contribution in [0.3, 0.4) is 0 Å². The van der Waals surface area contributed by atoms with Gasteiger partial charge in [0, 0.05) is 17.1 Å². The number of nitriles is 1. The summed E-state index contributed by atoms with van der Waals surface area (Å²) < 4.78 is 5.23. The maximum absolute atomic E-state index is 11.9. The summed E-state index contributed by atoms with van der Waals surface area (Å²) in [6, 6.07) is 8.97. The van der Waals surface area contributed by atoms with Gasteiger partial charge < -0.3 is 9.72 Å². The van der Waals surface area contributed by atoms with Crippen molar-refractivity contribution >= 4 is 17.6 Å². The predicted octanol–water partition coefficient (Wildman–Crippen LogP) is 3.19. The fourth-order valence-electron chi connectivity index (χ4n) is 2.46. The van der Waals surface area contributed by atoms with Crippen LogP contribution in [0, 0.1) is 25.2 Å². The van der Waals surface area contributed by atoms with Crippen LogP contribution < -0.4 is 5.56 Å². The summed E-state index contributed by atoms with van der Waals surface area (Å²) in [6.07, 6.45) is 0.578. The molecule has 0 radical (unpaired) electrons. The third-order valence-corrected chi connectivity index (χ3v) is 4.06. The fourth-order valence-corrected chi connectivity index (χ4v) is 2.59. The Balaban J connectivity index is 1.98. The van der Waals surface area contributed by atoms with Crippen LogP contribution in [0.4, 0.5) is 0 Å². The summed E-state index contributed by atoms with van der Waals surface area (Å²) in [5.74, 6) is -0.339. The molecule has 0 saturated heterocycles. The molecule has 1 N–H and O–H groups in total. The van der Waals surface area contributed by atoms with Crippen LogP contribution in [0.25, 0.3) is 0 Å². The minimum absolute atomic E-state index is 0.0881. The van der Waals surface area contributed by atoms with E-state index in [0.29, 0.717) is 22.7 Å². The maximum Gasteiger partial charge on any atom is 0.306 e. The summed E-state index contributed by atoms with van der Waals surface area (Å²) >= 11 is 5.80. The Morgan fingerprint density at radius 1 is 1.29 bits per heavy atom. The van der Waals surface area contributed by atoms with Crippen LogP contribution in [-0.2, 0) is 22.6 Å². The standard InChI is InChI=1S/C18H17ClN2O3/c1-11-15(12(2)21-18(23)16(11)9-20)7-8-17(22)24-10-13-3-5-14(19)6-4-13/h3-6H,7-8,10H2,1-2H3,(H,21,23). The predicted molar refractivity (Wildman–Crippen MR) is 90.8 cm³/mol.